The number of aromatic nitrogens is 1. The highest BCUT2D eigenvalue weighted by Crippen LogP contribution is 2.18. The molecule has 1 rings (SSSR count). The number of carbonyl (C=O) groups is 1. The van der Waals surface area contributed by atoms with Gasteiger partial charge in [-0.3, -0.25) is 4.79 Å². The van der Waals surface area contributed by atoms with Crippen molar-refractivity contribution in [3.8, 4) is 0 Å². The number of azide groups is 1. The third-order valence-corrected chi connectivity index (χ3v) is 2.20. The van der Waals surface area contributed by atoms with E-state index in [4.69, 9.17) is 5.53 Å². The van der Waals surface area contributed by atoms with E-state index in [1.54, 1.807) is 0 Å². The molecule has 6 nitrogen and oxygen atoms in total. The lowest BCUT2D eigenvalue weighted by Gasteiger charge is -2.11. The van der Waals surface area contributed by atoms with Gasteiger partial charge in [-0.25, -0.2) is 0 Å². The first kappa shape index (κ1) is 14.9. The Morgan fingerprint density at radius 1 is 1.53 bits per heavy atom. The van der Waals surface area contributed by atoms with Gasteiger partial charge < -0.3 is 9.88 Å². The van der Waals surface area contributed by atoms with Crippen molar-refractivity contribution in [1.82, 2.24) is 9.88 Å². The highest BCUT2D eigenvalue weighted by atomic mass is 19.4. The smallest absolute Gasteiger partial charge is 0.351 e. The highest BCUT2D eigenvalue weighted by molar-refractivity contribution is 5.92. The minimum atomic E-state index is -4.38. The number of nitrogens with one attached hydrogen (secondary N) is 1. The van der Waals surface area contributed by atoms with Crippen molar-refractivity contribution in [2.45, 2.75) is 19.1 Å². The summed E-state index contributed by atoms with van der Waals surface area (Å²) in [6.45, 7) is -0.753. The van der Waals surface area contributed by atoms with E-state index in [0.29, 0.717) is 6.42 Å². The zero-order chi connectivity index (χ0) is 14.3. The van der Waals surface area contributed by atoms with E-state index in [0.717, 1.165) is 4.57 Å². The fourth-order valence-electron chi connectivity index (χ4n) is 1.44. The van der Waals surface area contributed by atoms with Gasteiger partial charge in [0, 0.05) is 24.2 Å². The number of rotatable bonds is 6. The summed E-state index contributed by atoms with van der Waals surface area (Å²) in [6, 6.07) is 2.69. The van der Waals surface area contributed by atoms with Crippen LogP contribution in [-0.4, -0.2) is 29.7 Å². The summed E-state index contributed by atoms with van der Waals surface area (Å²) < 4.78 is 37.6. The van der Waals surface area contributed by atoms with Crippen LogP contribution in [0, 0.1) is 0 Å². The molecule has 1 aromatic rings. The summed E-state index contributed by atoms with van der Waals surface area (Å²) in [5.74, 6) is -0.588. The number of hydrogen-bond acceptors (Lipinski definition) is 2. The predicted molar refractivity (Wildman–Crippen MR) is 61.5 cm³/mol. The molecule has 1 N–H and O–H groups in total. The standard InChI is InChI=1S/C10H12F3N5O/c11-10(12,13)7-18-6-1-3-8(18)9(19)15-4-2-5-16-17-14/h1,3,6H,2,4-5,7H2,(H,15,19). The second kappa shape index (κ2) is 6.69. The van der Waals surface area contributed by atoms with Gasteiger partial charge in [-0.15, -0.1) is 0 Å². The fourth-order valence-corrected chi connectivity index (χ4v) is 1.44. The van der Waals surface area contributed by atoms with Crippen LogP contribution in [-0.2, 0) is 6.54 Å². The summed E-state index contributed by atoms with van der Waals surface area (Å²) in [7, 11) is 0. The summed E-state index contributed by atoms with van der Waals surface area (Å²) >= 11 is 0. The molecule has 1 aromatic heterocycles. The van der Waals surface area contributed by atoms with E-state index in [1.807, 2.05) is 0 Å². The largest absolute Gasteiger partial charge is 0.406 e. The third-order valence-electron chi connectivity index (χ3n) is 2.20. The summed E-state index contributed by atoms with van der Waals surface area (Å²) in [6.07, 6.45) is -2.76. The van der Waals surface area contributed by atoms with E-state index >= 15 is 0 Å². The molecule has 0 aliphatic rings. The molecule has 0 radical (unpaired) electrons. The SMILES string of the molecule is [N-]=[N+]=NCCCNC(=O)c1cccn1CC(F)(F)F. The molecule has 104 valence electrons. The van der Waals surface area contributed by atoms with Crippen LogP contribution >= 0.6 is 0 Å². The van der Waals surface area contributed by atoms with Crippen LogP contribution in [0.2, 0.25) is 0 Å². The van der Waals surface area contributed by atoms with Crippen LogP contribution in [0.5, 0.6) is 0 Å². The quantitative estimate of drug-likeness (QED) is 0.368. The van der Waals surface area contributed by atoms with Gasteiger partial charge in [-0.1, -0.05) is 5.11 Å². The zero-order valence-electron chi connectivity index (χ0n) is 9.89. The Balaban J connectivity index is 2.53. The Morgan fingerprint density at radius 2 is 2.26 bits per heavy atom. The van der Waals surface area contributed by atoms with Gasteiger partial charge in [0.25, 0.3) is 5.91 Å². The second-order valence-electron chi connectivity index (χ2n) is 3.70. The molecule has 0 unspecified atom stereocenters. The Kier molecular flexibility index (Phi) is 5.25. The lowest BCUT2D eigenvalue weighted by atomic mass is 10.3. The Morgan fingerprint density at radius 3 is 2.89 bits per heavy atom. The molecule has 1 heterocycles. The van der Waals surface area contributed by atoms with Gasteiger partial charge in [0.1, 0.15) is 12.2 Å². The predicted octanol–water partition coefficient (Wildman–Crippen LogP) is 2.48. The summed E-state index contributed by atoms with van der Waals surface area (Å²) in [5, 5.41) is 5.73. The molecule has 9 heteroatoms. The van der Waals surface area contributed by atoms with Crippen LogP contribution in [0.1, 0.15) is 16.9 Å². The maximum absolute atomic E-state index is 12.3. The number of amides is 1. The highest BCUT2D eigenvalue weighted by Gasteiger charge is 2.29. The molecule has 0 spiro atoms. The van der Waals surface area contributed by atoms with Crippen LogP contribution in [0.25, 0.3) is 10.4 Å². The Bertz CT molecular complexity index is 476. The Hall–Kier alpha value is -2.15. The maximum atomic E-state index is 12.3. The van der Waals surface area contributed by atoms with Gasteiger partial charge in [0.05, 0.1) is 0 Å². The van der Waals surface area contributed by atoms with Crippen molar-refractivity contribution in [2.24, 2.45) is 5.11 Å². The van der Waals surface area contributed by atoms with Gasteiger partial charge >= 0.3 is 6.18 Å². The lowest BCUT2D eigenvalue weighted by Crippen LogP contribution is -2.29. The number of carbonyl (C=O) groups excluding carboxylic acids is 1. The van der Waals surface area contributed by atoms with Crippen molar-refractivity contribution in [2.75, 3.05) is 13.1 Å². The van der Waals surface area contributed by atoms with Crippen LogP contribution in [0.15, 0.2) is 23.4 Å². The van der Waals surface area contributed by atoms with Crippen molar-refractivity contribution in [3.05, 3.63) is 34.5 Å². The fraction of sp³-hybridized carbons (Fsp3) is 0.500. The van der Waals surface area contributed by atoms with Crippen LogP contribution in [0.3, 0.4) is 0 Å². The lowest BCUT2D eigenvalue weighted by molar-refractivity contribution is -0.140. The Labute approximate surface area is 106 Å². The average Bonchev–Trinajstić information content (AvgIpc) is 2.74. The van der Waals surface area contributed by atoms with E-state index in [9.17, 15) is 18.0 Å². The first-order chi connectivity index (χ1) is 8.94. The van der Waals surface area contributed by atoms with Crippen molar-refractivity contribution >= 4 is 5.91 Å². The first-order valence-corrected chi connectivity index (χ1v) is 5.45. The number of halogens is 3. The van der Waals surface area contributed by atoms with E-state index in [-0.39, 0.29) is 18.8 Å². The number of hydrogen-bond donors (Lipinski definition) is 1. The molecule has 0 aliphatic carbocycles. The minimum absolute atomic E-state index is 0.0545. The van der Waals surface area contributed by atoms with Crippen molar-refractivity contribution in [3.63, 3.8) is 0 Å². The zero-order valence-corrected chi connectivity index (χ0v) is 9.89. The van der Waals surface area contributed by atoms with Gasteiger partial charge in [0.2, 0.25) is 0 Å². The van der Waals surface area contributed by atoms with Crippen LogP contribution in [0.4, 0.5) is 13.2 Å². The van der Waals surface area contributed by atoms with Gasteiger partial charge in [0.15, 0.2) is 0 Å². The third kappa shape index (κ3) is 5.35. The van der Waals surface area contributed by atoms with Gasteiger partial charge in [-0.2, -0.15) is 13.2 Å². The number of nitrogens with zero attached hydrogens (tertiary/aromatic N) is 4. The molecule has 0 saturated heterocycles. The van der Waals surface area contributed by atoms with E-state index in [1.165, 1.54) is 18.3 Å². The second-order valence-corrected chi connectivity index (χ2v) is 3.70. The van der Waals surface area contributed by atoms with E-state index in [2.05, 4.69) is 15.3 Å². The molecule has 1 amide bonds. The van der Waals surface area contributed by atoms with E-state index < -0.39 is 18.6 Å². The number of alkyl halides is 3. The van der Waals surface area contributed by atoms with Gasteiger partial charge in [-0.05, 0) is 24.1 Å². The molecular weight excluding hydrogens is 263 g/mol. The molecule has 19 heavy (non-hydrogen) atoms. The molecule has 0 saturated carbocycles. The topological polar surface area (TPSA) is 82.8 Å². The molecule has 0 aliphatic heterocycles. The summed E-state index contributed by atoms with van der Waals surface area (Å²) in [5.41, 5.74) is 7.98. The van der Waals surface area contributed by atoms with Crippen molar-refractivity contribution in [1.29, 1.82) is 0 Å². The molecular formula is C10H12F3N5O. The molecule has 0 aromatic carbocycles. The minimum Gasteiger partial charge on any atom is -0.351 e. The normalized spacial score (nSPS) is 10.9. The summed E-state index contributed by atoms with van der Waals surface area (Å²) in [4.78, 5) is 14.2. The van der Waals surface area contributed by atoms with Crippen LogP contribution < -0.4 is 5.32 Å². The maximum Gasteiger partial charge on any atom is 0.406 e. The first-order valence-electron chi connectivity index (χ1n) is 5.45. The molecule has 0 bridgehead atoms. The van der Waals surface area contributed by atoms with Crippen molar-refractivity contribution < 1.29 is 18.0 Å². The monoisotopic (exact) mass is 275 g/mol. The molecule has 0 atom stereocenters. The average molecular weight is 275 g/mol. The molecule has 0 fully saturated rings.